The molecular weight excluding hydrogens is 354 g/mol. The van der Waals surface area contributed by atoms with E-state index in [4.69, 9.17) is 15.3 Å². The molecule has 6 heteroatoms. The van der Waals surface area contributed by atoms with Gasteiger partial charge in [-0.3, -0.25) is 0 Å². The zero-order valence-electron chi connectivity index (χ0n) is 13.2. The molecule has 3 aromatic carbocycles. The maximum Gasteiger partial charge on any atom is 0.186 e. The fourth-order valence-corrected chi connectivity index (χ4v) is 3.20. The van der Waals surface area contributed by atoms with Crippen molar-refractivity contribution in [3.05, 3.63) is 83.4 Å². The highest BCUT2D eigenvalue weighted by Gasteiger charge is 2.27. The summed E-state index contributed by atoms with van der Waals surface area (Å²) in [5, 5.41) is 18.3. The Balaban J connectivity index is 2.21. The van der Waals surface area contributed by atoms with E-state index in [1.807, 2.05) is 0 Å². The average molecular weight is 364 g/mol. The summed E-state index contributed by atoms with van der Waals surface area (Å²) < 4.78 is 35.3. The van der Waals surface area contributed by atoms with Crippen LogP contribution in [0.25, 0.3) is 0 Å². The van der Waals surface area contributed by atoms with E-state index in [0.717, 1.165) is 11.8 Å². The van der Waals surface area contributed by atoms with Crippen molar-refractivity contribution in [2.45, 2.75) is 9.79 Å². The van der Waals surface area contributed by atoms with Crippen molar-refractivity contribution in [1.29, 1.82) is 10.5 Å². The van der Waals surface area contributed by atoms with E-state index in [1.54, 1.807) is 72.8 Å². The number of nitrogens with zero attached hydrogens (tertiary/aromatic N) is 2. The number of hydrogen-bond donors (Lipinski definition) is 0. The third kappa shape index (κ3) is 3.37. The van der Waals surface area contributed by atoms with Crippen LogP contribution in [0.4, 0.5) is 8.78 Å². The molecule has 0 saturated heterocycles. The second-order valence-corrected chi connectivity index (χ2v) is 6.17. The van der Waals surface area contributed by atoms with Gasteiger partial charge in [0.15, 0.2) is 17.4 Å². The van der Waals surface area contributed by atoms with Gasteiger partial charge < -0.3 is 4.74 Å². The van der Waals surface area contributed by atoms with Gasteiger partial charge >= 0.3 is 0 Å². The summed E-state index contributed by atoms with van der Waals surface area (Å²) >= 11 is 0.922. The van der Waals surface area contributed by atoms with Gasteiger partial charge in [0, 0.05) is 4.90 Å². The SMILES string of the molecule is N#Cc1c(F)c(Oc2ccccc2)c(Sc2ccccc2)c(F)c1C#N. The first-order chi connectivity index (χ1) is 12.7. The Kier molecular flexibility index (Phi) is 5.17. The Morgan fingerprint density at radius 3 is 1.88 bits per heavy atom. The zero-order chi connectivity index (χ0) is 18.5. The Hall–Kier alpha value is -3.35. The first-order valence-electron chi connectivity index (χ1n) is 7.46. The molecule has 0 aliphatic heterocycles. The van der Waals surface area contributed by atoms with Gasteiger partial charge in [-0.15, -0.1) is 0 Å². The van der Waals surface area contributed by atoms with Gasteiger partial charge in [-0.1, -0.05) is 48.2 Å². The Morgan fingerprint density at radius 1 is 0.769 bits per heavy atom. The molecule has 0 aliphatic rings. The molecule has 0 atom stereocenters. The minimum absolute atomic E-state index is 0.187. The van der Waals surface area contributed by atoms with Crippen molar-refractivity contribution < 1.29 is 13.5 Å². The van der Waals surface area contributed by atoms with E-state index in [2.05, 4.69) is 0 Å². The van der Waals surface area contributed by atoms with Gasteiger partial charge in [0.2, 0.25) is 0 Å². The van der Waals surface area contributed by atoms with Crippen molar-refractivity contribution in [3.63, 3.8) is 0 Å². The van der Waals surface area contributed by atoms with Crippen molar-refractivity contribution >= 4 is 11.8 Å². The van der Waals surface area contributed by atoms with Gasteiger partial charge in [-0.25, -0.2) is 8.78 Å². The van der Waals surface area contributed by atoms with E-state index in [0.29, 0.717) is 4.90 Å². The van der Waals surface area contributed by atoms with Crippen LogP contribution in [0.5, 0.6) is 11.5 Å². The average Bonchev–Trinajstić information content (AvgIpc) is 2.68. The standard InChI is InChI=1S/C20H10F2N2OS/c21-17-15(11-23)16(12-24)18(22)20(26-14-9-5-2-6-10-14)19(17)25-13-7-3-1-4-8-13/h1-10H. The van der Waals surface area contributed by atoms with Crippen LogP contribution in [0.3, 0.4) is 0 Å². The van der Waals surface area contributed by atoms with E-state index in [9.17, 15) is 8.78 Å². The molecule has 0 spiro atoms. The fourth-order valence-electron chi connectivity index (χ4n) is 2.25. The summed E-state index contributed by atoms with van der Waals surface area (Å²) in [6.07, 6.45) is 0. The molecule has 0 saturated carbocycles. The number of benzene rings is 3. The van der Waals surface area contributed by atoms with Crippen LogP contribution in [0, 0.1) is 34.3 Å². The molecule has 126 valence electrons. The molecule has 0 aromatic heterocycles. The number of hydrogen-bond acceptors (Lipinski definition) is 4. The van der Waals surface area contributed by atoms with E-state index >= 15 is 0 Å². The van der Waals surface area contributed by atoms with Crippen molar-refractivity contribution in [1.82, 2.24) is 0 Å². The lowest BCUT2D eigenvalue weighted by Gasteiger charge is -2.15. The molecule has 3 rings (SSSR count). The van der Waals surface area contributed by atoms with Crippen LogP contribution in [-0.2, 0) is 0 Å². The molecule has 0 aliphatic carbocycles. The quantitative estimate of drug-likeness (QED) is 0.600. The summed E-state index contributed by atoms with van der Waals surface area (Å²) in [5.74, 6) is -2.18. The molecule has 0 fully saturated rings. The molecule has 0 bridgehead atoms. The maximum absolute atomic E-state index is 14.9. The Labute approximate surface area is 153 Å². The summed E-state index contributed by atoms with van der Waals surface area (Å²) in [6.45, 7) is 0. The third-order valence-corrected chi connectivity index (χ3v) is 4.52. The molecule has 0 N–H and O–H groups in total. The van der Waals surface area contributed by atoms with E-state index in [1.165, 1.54) is 0 Å². The lowest BCUT2D eigenvalue weighted by atomic mass is 10.1. The van der Waals surface area contributed by atoms with Gasteiger partial charge in [0.25, 0.3) is 0 Å². The van der Waals surface area contributed by atoms with Crippen LogP contribution in [0.2, 0.25) is 0 Å². The molecule has 0 radical (unpaired) electrons. The summed E-state index contributed by atoms with van der Waals surface area (Å²) in [7, 11) is 0. The van der Waals surface area contributed by atoms with Gasteiger partial charge in [-0.05, 0) is 24.3 Å². The normalized spacial score (nSPS) is 10.0. The molecule has 0 amide bonds. The molecule has 0 unspecified atom stereocenters. The lowest BCUT2D eigenvalue weighted by molar-refractivity contribution is 0.418. The second kappa shape index (κ2) is 7.69. The van der Waals surface area contributed by atoms with Gasteiger partial charge in [0.1, 0.15) is 29.0 Å². The van der Waals surface area contributed by atoms with Crippen molar-refractivity contribution in [2.75, 3.05) is 0 Å². The van der Waals surface area contributed by atoms with Crippen LogP contribution >= 0.6 is 11.8 Å². The fraction of sp³-hybridized carbons (Fsp3) is 0. The summed E-state index contributed by atoms with van der Waals surface area (Å²) in [4.78, 5) is 0.449. The molecular formula is C20H10F2N2OS. The monoisotopic (exact) mass is 364 g/mol. The largest absolute Gasteiger partial charge is 0.453 e. The lowest BCUT2D eigenvalue weighted by Crippen LogP contribution is -2.02. The van der Waals surface area contributed by atoms with Crippen LogP contribution in [0.1, 0.15) is 11.1 Å². The van der Waals surface area contributed by atoms with Gasteiger partial charge in [0.05, 0.1) is 4.90 Å². The van der Waals surface area contributed by atoms with E-state index in [-0.39, 0.29) is 10.6 Å². The number of para-hydroxylation sites is 1. The Morgan fingerprint density at radius 2 is 1.31 bits per heavy atom. The smallest absolute Gasteiger partial charge is 0.186 e. The molecule has 26 heavy (non-hydrogen) atoms. The second-order valence-electron chi connectivity index (χ2n) is 5.09. The Bertz CT molecular complexity index is 941. The predicted octanol–water partition coefficient (Wildman–Crippen LogP) is 5.65. The third-order valence-electron chi connectivity index (χ3n) is 3.44. The summed E-state index contributed by atoms with van der Waals surface area (Å²) in [5.41, 5.74) is -1.31. The highest BCUT2D eigenvalue weighted by atomic mass is 32.2. The highest BCUT2D eigenvalue weighted by Crippen LogP contribution is 2.43. The zero-order valence-corrected chi connectivity index (χ0v) is 14.1. The van der Waals surface area contributed by atoms with Gasteiger partial charge in [-0.2, -0.15) is 10.5 Å². The molecule has 3 nitrogen and oxygen atoms in total. The molecule has 0 heterocycles. The molecule has 3 aromatic rings. The minimum Gasteiger partial charge on any atom is -0.453 e. The number of ether oxygens (including phenoxy) is 1. The number of nitriles is 2. The maximum atomic E-state index is 14.9. The first kappa shape index (κ1) is 17.5. The van der Waals surface area contributed by atoms with E-state index < -0.39 is 28.5 Å². The topological polar surface area (TPSA) is 56.8 Å². The highest BCUT2D eigenvalue weighted by molar-refractivity contribution is 7.99. The van der Waals surface area contributed by atoms with Crippen molar-refractivity contribution in [3.8, 4) is 23.6 Å². The first-order valence-corrected chi connectivity index (χ1v) is 8.28. The van der Waals surface area contributed by atoms with Crippen molar-refractivity contribution in [2.24, 2.45) is 0 Å². The predicted molar refractivity (Wildman–Crippen MR) is 92.9 cm³/mol. The van der Waals surface area contributed by atoms with Crippen LogP contribution < -0.4 is 4.74 Å². The van der Waals surface area contributed by atoms with Crippen LogP contribution in [-0.4, -0.2) is 0 Å². The summed E-state index contributed by atoms with van der Waals surface area (Å²) in [6, 6.07) is 20.1. The number of rotatable bonds is 4. The van der Waals surface area contributed by atoms with Crippen LogP contribution in [0.15, 0.2) is 70.5 Å². The number of halogens is 2. The minimum atomic E-state index is -1.06.